The average Bonchev–Trinajstić information content (AvgIpc) is 3.03. The minimum atomic E-state index is -0.301. The quantitative estimate of drug-likeness (QED) is 0.814. The molecule has 0 saturated heterocycles. The number of hydrogen-bond donors (Lipinski definition) is 2. The van der Waals surface area contributed by atoms with E-state index in [0.717, 1.165) is 24.1 Å². The highest BCUT2D eigenvalue weighted by Crippen LogP contribution is 2.22. The summed E-state index contributed by atoms with van der Waals surface area (Å²) in [5.74, 6) is 0.0935. The van der Waals surface area contributed by atoms with Crippen molar-refractivity contribution in [2.45, 2.75) is 46.1 Å². The molecule has 6 heteroatoms. The summed E-state index contributed by atoms with van der Waals surface area (Å²) in [6, 6.07) is 9.03. The molecule has 24 heavy (non-hydrogen) atoms. The molecule has 2 amide bonds. The van der Waals surface area contributed by atoms with Crippen molar-refractivity contribution < 1.29 is 14.1 Å². The van der Waals surface area contributed by atoms with E-state index in [4.69, 9.17) is 4.52 Å². The molecule has 0 saturated carbocycles. The molecule has 1 heterocycles. The number of hydrogen-bond acceptors (Lipinski definition) is 4. The monoisotopic (exact) mass is 329 g/mol. The molecule has 0 atom stereocenters. The predicted molar refractivity (Wildman–Crippen MR) is 91.7 cm³/mol. The maximum Gasteiger partial charge on any atom is 0.290 e. The lowest BCUT2D eigenvalue weighted by molar-refractivity contribution is -0.114. The van der Waals surface area contributed by atoms with Crippen LogP contribution in [-0.2, 0) is 11.3 Å². The second-order valence-electron chi connectivity index (χ2n) is 5.69. The topological polar surface area (TPSA) is 84.2 Å². The van der Waals surface area contributed by atoms with E-state index >= 15 is 0 Å². The number of anilines is 1. The molecule has 6 nitrogen and oxygen atoms in total. The number of nitrogens with zero attached hydrogens (tertiary/aromatic N) is 1. The summed E-state index contributed by atoms with van der Waals surface area (Å²) < 4.78 is 5.16. The van der Waals surface area contributed by atoms with E-state index in [9.17, 15) is 9.59 Å². The zero-order valence-corrected chi connectivity index (χ0v) is 14.3. The van der Waals surface area contributed by atoms with Gasteiger partial charge in [-0.3, -0.25) is 9.59 Å². The number of benzene rings is 1. The van der Waals surface area contributed by atoms with Crippen molar-refractivity contribution in [1.82, 2.24) is 10.5 Å². The lowest BCUT2D eigenvalue weighted by Crippen LogP contribution is -2.22. The van der Waals surface area contributed by atoms with Gasteiger partial charge >= 0.3 is 0 Å². The number of carbonyl (C=O) groups excluding carboxylic acids is 2. The highest BCUT2D eigenvalue weighted by Gasteiger charge is 2.17. The largest absolute Gasteiger partial charge is 0.351 e. The molecule has 0 aliphatic rings. The standard InChI is InChI=1S/C18H23N3O3/c1-4-14(5-2)16-10-17(24-21-16)18(23)19-11-13-7-6-8-15(9-13)20-12(3)22/h6-10,14H,4-5,11H2,1-3H3,(H,19,23)(H,20,22). The van der Waals surface area contributed by atoms with E-state index in [1.54, 1.807) is 12.1 Å². The number of nitrogens with one attached hydrogen (secondary N) is 2. The SMILES string of the molecule is CCC(CC)c1cc(C(=O)NCc2cccc(NC(C)=O)c2)on1. The Bertz CT molecular complexity index is 705. The minimum Gasteiger partial charge on any atom is -0.351 e. The van der Waals surface area contributed by atoms with Gasteiger partial charge in [0.1, 0.15) is 0 Å². The third-order valence-electron chi connectivity index (χ3n) is 3.86. The van der Waals surface area contributed by atoms with Crippen molar-refractivity contribution in [3.05, 3.63) is 47.3 Å². The van der Waals surface area contributed by atoms with Crippen LogP contribution in [0.5, 0.6) is 0 Å². The summed E-state index contributed by atoms with van der Waals surface area (Å²) >= 11 is 0. The fourth-order valence-corrected chi connectivity index (χ4v) is 2.53. The maximum absolute atomic E-state index is 12.2. The summed E-state index contributed by atoms with van der Waals surface area (Å²) in [5.41, 5.74) is 2.40. The Hall–Kier alpha value is -2.63. The Kier molecular flexibility index (Phi) is 6.12. The Morgan fingerprint density at radius 2 is 1.96 bits per heavy atom. The van der Waals surface area contributed by atoms with Gasteiger partial charge in [-0.05, 0) is 30.5 Å². The summed E-state index contributed by atoms with van der Waals surface area (Å²) in [7, 11) is 0. The van der Waals surface area contributed by atoms with Crippen LogP contribution in [0.25, 0.3) is 0 Å². The molecule has 128 valence electrons. The second kappa shape index (κ2) is 8.29. The van der Waals surface area contributed by atoms with Gasteiger partial charge in [0.15, 0.2) is 0 Å². The van der Waals surface area contributed by atoms with Gasteiger partial charge in [-0.1, -0.05) is 31.1 Å². The smallest absolute Gasteiger partial charge is 0.290 e. The number of aromatic nitrogens is 1. The first-order valence-corrected chi connectivity index (χ1v) is 8.14. The molecule has 0 fully saturated rings. The fourth-order valence-electron chi connectivity index (χ4n) is 2.53. The highest BCUT2D eigenvalue weighted by atomic mass is 16.5. The molecule has 0 unspecified atom stereocenters. The van der Waals surface area contributed by atoms with E-state index in [1.165, 1.54) is 6.92 Å². The molecular weight excluding hydrogens is 306 g/mol. The van der Waals surface area contributed by atoms with Gasteiger partial charge in [0, 0.05) is 31.1 Å². The molecular formula is C18H23N3O3. The predicted octanol–water partition coefficient (Wildman–Crippen LogP) is 3.47. The Morgan fingerprint density at radius 3 is 2.62 bits per heavy atom. The average molecular weight is 329 g/mol. The third-order valence-corrected chi connectivity index (χ3v) is 3.86. The van der Waals surface area contributed by atoms with E-state index in [1.807, 2.05) is 18.2 Å². The molecule has 1 aromatic heterocycles. The van der Waals surface area contributed by atoms with Crippen LogP contribution in [0.4, 0.5) is 5.69 Å². The molecule has 2 rings (SSSR count). The zero-order valence-electron chi connectivity index (χ0n) is 14.3. The summed E-state index contributed by atoms with van der Waals surface area (Å²) in [6.07, 6.45) is 1.92. The first-order valence-electron chi connectivity index (χ1n) is 8.14. The van der Waals surface area contributed by atoms with E-state index < -0.39 is 0 Å². The van der Waals surface area contributed by atoms with Gasteiger partial charge in [0.25, 0.3) is 5.91 Å². The van der Waals surface area contributed by atoms with Crippen LogP contribution in [0.2, 0.25) is 0 Å². The van der Waals surface area contributed by atoms with Gasteiger partial charge < -0.3 is 15.2 Å². The molecule has 0 spiro atoms. The van der Waals surface area contributed by atoms with Crippen molar-refractivity contribution in [3.8, 4) is 0 Å². The van der Waals surface area contributed by atoms with Crippen LogP contribution in [-0.4, -0.2) is 17.0 Å². The first-order chi connectivity index (χ1) is 11.5. The zero-order chi connectivity index (χ0) is 17.5. The molecule has 2 N–H and O–H groups in total. The third kappa shape index (κ3) is 4.68. The van der Waals surface area contributed by atoms with E-state index in [0.29, 0.717) is 18.2 Å². The number of amides is 2. The number of carbonyl (C=O) groups is 2. The van der Waals surface area contributed by atoms with Crippen LogP contribution in [0.15, 0.2) is 34.9 Å². The first kappa shape index (κ1) is 17.7. The van der Waals surface area contributed by atoms with E-state index in [-0.39, 0.29) is 17.6 Å². The lowest BCUT2D eigenvalue weighted by atomic mass is 9.99. The van der Waals surface area contributed by atoms with Crippen molar-refractivity contribution in [1.29, 1.82) is 0 Å². The maximum atomic E-state index is 12.2. The Labute approximate surface area is 141 Å². The van der Waals surface area contributed by atoms with E-state index in [2.05, 4.69) is 29.6 Å². The second-order valence-corrected chi connectivity index (χ2v) is 5.69. The molecule has 2 aromatic rings. The van der Waals surface area contributed by atoms with Gasteiger partial charge in [0.05, 0.1) is 5.69 Å². The van der Waals surface area contributed by atoms with Crippen LogP contribution in [0.1, 0.15) is 61.3 Å². The van der Waals surface area contributed by atoms with Crippen molar-refractivity contribution >= 4 is 17.5 Å². The molecule has 0 aliphatic carbocycles. The molecule has 1 aromatic carbocycles. The lowest BCUT2D eigenvalue weighted by Gasteiger charge is -2.07. The van der Waals surface area contributed by atoms with Gasteiger partial charge in [0.2, 0.25) is 11.7 Å². The summed E-state index contributed by atoms with van der Waals surface area (Å²) in [6.45, 7) is 5.97. The van der Waals surface area contributed by atoms with Crippen LogP contribution in [0.3, 0.4) is 0 Å². The van der Waals surface area contributed by atoms with Crippen LogP contribution >= 0.6 is 0 Å². The number of rotatable bonds is 7. The van der Waals surface area contributed by atoms with Crippen molar-refractivity contribution in [2.24, 2.45) is 0 Å². The van der Waals surface area contributed by atoms with Gasteiger partial charge in [-0.15, -0.1) is 0 Å². The fraction of sp³-hybridized carbons (Fsp3) is 0.389. The molecule has 0 aliphatic heterocycles. The highest BCUT2D eigenvalue weighted by molar-refractivity contribution is 5.91. The van der Waals surface area contributed by atoms with Crippen LogP contribution < -0.4 is 10.6 Å². The van der Waals surface area contributed by atoms with Crippen molar-refractivity contribution in [2.75, 3.05) is 5.32 Å². The summed E-state index contributed by atoms with van der Waals surface area (Å²) in [4.78, 5) is 23.3. The summed E-state index contributed by atoms with van der Waals surface area (Å²) in [5, 5.41) is 9.51. The Morgan fingerprint density at radius 1 is 1.21 bits per heavy atom. The van der Waals surface area contributed by atoms with Crippen molar-refractivity contribution in [3.63, 3.8) is 0 Å². The van der Waals surface area contributed by atoms with Crippen LogP contribution in [0, 0.1) is 0 Å². The van der Waals surface area contributed by atoms with Gasteiger partial charge in [-0.25, -0.2) is 0 Å². The Balaban J connectivity index is 1.97. The molecule has 0 bridgehead atoms. The molecule has 0 radical (unpaired) electrons. The minimum absolute atomic E-state index is 0.133. The normalized spacial score (nSPS) is 10.7. The van der Waals surface area contributed by atoms with Gasteiger partial charge in [-0.2, -0.15) is 0 Å².